The molecule has 1 heterocycles. The van der Waals surface area contributed by atoms with Crippen LogP contribution in [0.1, 0.15) is 10.4 Å². The van der Waals surface area contributed by atoms with E-state index in [-0.39, 0.29) is 5.91 Å². The van der Waals surface area contributed by atoms with Crippen LogP contribution in [0.15, 0.2) is 24.3 Å². The summed E-state index contributed by atoms with van der Waals surface area (Å²) in [6.07, 6.45) is 0. The number of amides is 1. The lowest BCUT2D eigenvalue weighted by Gasteiger charge is -2.04. The molecule has 1 aromatic heterocycles. The summed E-state index contributed by atoms with van der Waals surface area (Å²) in [5.41, 5.74) is 3.49. The van der Waals surface area contributed by atoms with Crippen LogP contribution in [0.25, 0.3) is 11.4 Å². The molecule has 0 radical (unpaired) electrons. The Morgan fingerprint density at radius 1 is 1.36 bits per heavy atom. The first-order valence-electron chi connectivity index (χ1n) is 4.01. The smallest absolute Gasteiger partial charge is 0.265 e. The Hall–Kier alpha value is -2.08. The van der Waals surface area contributed by atoms with Crippen LogP contribution < -0.4 is 11.3 Å². The van der Waals surface area contributed by atoms with E-state index in [9.17, 15) is 4.79 Å². The SMILES string of the molecule is NNC(=O)c1ccc(-c2n[nH][nH]2)cc1. The zero-order valence-corrected chi connectivity index (χ0v) is 7.24. The second-order valence-electron chi connectivity index (χ2n) is 2.75. The summed E-state index contributed by atoms with van der Waals surface area (Å²) >= 11 is 0. The molecule has 0 bridgehead atoms. The van der Waals surface area contributed by atoms with Crippen LogP contribution in [-0.2, 0) is 0 Å². The first-order chi connectivity index (χ1) is 6.81. The van der Waals surface area contributed by atoms with Gasteiger partial charge in [-0.25, -0.2) is 11.1 Å². The summed E-state index contributed by atoms with van der Waals surface area (Å²) in [6, 6.07) is 6.94. The first kappa shape index (κ1) is 8.52. The zero-order chi connectivity index (χ0) is 9.97. The van der Waals surface area contributed by atoms with E-state index in [4.69, 9.17) is 5.84 Å². The third kappa shape index (κ3) is 1.38. The van der Waals surface area contributed by atoms with Crippen molar-refractivity contribution in [1.82, 2.24) is 20.8 Å². The van der Waals surface area contributed by atoms with Gasteiger partial charge < -0.3 is 0 Å². The van der Waals surface area contributed by atoms with Gasteiger partial charge in [-0.2, -0.15) is 0 Å². The number of benzene rings is 1. The Balaban J connectivity index is 2.25. The normalized spacial score (nSPS) is 10.1. The van der Waals surface area contributed by atoms with Gasteiger partial charge in [-0.15, -0.1) is 5.10 Å². The summed E-state index contributed by atoms with van der Waals surface area (Å²) in [5.74, 6) is 5.44. The Labute approximate surface area is 79.4 Å². The van der Waals surface area contributed by atoms with Gasteiger partial charge in [-0.05, 0) is 12.1 Å². The molecule has 2 rings (SSSR count). The van der Waals surface area contributed by atoms with Crippen LogP contribution in [0.3, 0.4) is 0 Å². The zero-order valence-electron chi connectivity index (χ0n) is 7.24. The number of hydrogen-bond donors (Lipinski definition) is 4. The summed E-state index contributed by atoms with van der Waals surface area (Å²) in [5, 5.41) is 9.21. The number of rotatable bonds is 2. The third-order valence-corrected chi connectivity index (χ3v) is 1.89. The molecule has 1 aromatic carbocycles. The second kappa shape index (κ2) is 3.35. The molecule has 0 unspecified atom stereocenters. The molecule has 0 aliphatic carbocycles. The van der Waals surface area contributed by atoms with Gasteiger partial charge in [0.2, 0.25) is 0 Å². The lowest BCUT2D eigenvalue weighted by atomic mass is 10.1. The number of nitrogen functional groups attached to an aromatic ring is 1. The van der Waals surface area contributed by atoms with Crippen molar-refractivity contribution >= 4 is 5.91 Å². The average Bonchev–Trinajstić information content (AvgIpc) is 2.15. The fourth-order valence-electron chi connectivity index (χ4n) is 1.11. The number of carbonyl (C=O) groups excluding carboxylic acids is 1. The van der Waals surface area contributed by atoms with Crippen molar-refractivity contribution in [2.45, 2.75) is 0 Å². The molecule has 0 atom stereocenters. The molecular formula is C8H9N5O. The number of carbonyl (C=O) groups is 1. The highest BCUT2D eigenvalue weighted by Crippen LogP contribution is 2.14. The van der Waals surface area contributed by atoms with Crippen molar-refractivity contribution in [3.8, 4) is 11.4 Å². The van der Waals surface area contributed by atoms with E-state index < -0.39 is 0 Å². The highest BCUT2D eigenvalue weighted by molar-refractivity contribution is 5.94. The maximum absolute atomic E-state index is 11.1. The van der Waals surface area contributed by atoms with Crippen LogP contribution in [0.4, 0.5) is 0 Å². The van der Waals surface area contributed by atoms with Crippen molar-refractivity contribution in [3.05, 3.63) is 29.8 Å². The third-order valence-electron chi connectivity index (χ3n) is 1.89. The van der Waals surface area contributed by atoms with Gasteiger partial charge in [-0.3, -0.25) is 15.3 Å². The van der Waals surface area contributed by atoms with Crippen molar-refractivity contribution in [2.24, 2.45) is 5.84 Å². The number of nitrogens with two attached hydrogens (primary N) is 1. The minimum Gasteiger partial charge on any atom is -0.290 e. The molecule has 6 heteroatoms. The molecule has 2 aromatic rings. The fourth-order valence-corrected chi connectivity index (χ4v) is 1.11. The molecule has 0 fully saturated rings. The summed E-state index contributed by atoms with van der Waals surface area (Å²) < 4.78 is 0. The monoisotopic (exact) mass is 191 g/mol. The number of aromatic amines is 2. The largest absolute Gasteiger partial charge is 0.290 e. The molecule has 0 aliphatic heterocycles. The Kier molecular flexibility index (Phi) is 2.04. The minimum atomic E-state index is -0.307. The molecule has 72 valence electrons. The first-order valence-corrected chi connectivity index (χ1v) is 4.01. The Bertz CT molecular complexity index is 418. The summed E-state index contributed by atoms with van der Waals surface area (Å²) in [6.45, 7) is 0. The van der Waals surface area contributed by atoms with Crippen LogP contribution >= 0.6 is 0 Å². The number of H-pyrrole nitrogens is 2. The van der Waals surface area contributed by atoms with Gasteiger partial charge >= 0.3 is 0 Å². The van der Waals surface area contributed by atoms with E-state index in [1.807, 2.05) is 0 Å². The van der Waals surface area contributed by atoms with E-state index in [2.05, 4.69) is 20.8 Å². The quantitative estimate of drug-likeness (QED) is 0.305. The van der Waals surface area contributed by atoms with E-state index in [1.165, 1.54) is 0 Å². The van der Waals surface area contributed by atoms with Gasteiger partial charge in [-0.1, -0.05) is 12.1 Å². The van der Waals surface area contributed by atoms with E-state index in [0.717, 1.165) is 11.4 Å². The molecule has 0 aliphatic rings. The maximum Gasteiger partial charge on any atom is 0.265 e. The van der Waals surface area contributed by atoms with E-state index in [1.54, 1.807) is 24.3 Å². The molecule has 14 heavy (non-hydrogen) atoms. The van der Waals surface area contributed by atoms with Crippen molar-refractivity contribution < 1.29 is 4.79 Å². The molecule has 0 saturated heterocycles. The summed E-state index contributed by atoms with van der Waals surface area (Å²) in [4.78, 5) is 11.1. The van der Waals surface area contributed by atoms with Crippen LogP contribution in [-0.4, -0.2) is 21.3 Å². The Morgan fingerprint density at radius 2 is 2.00 bits per heavy atom. The lowest BCUT2D eigenvalue weighted by Crippen LogP contribution is -2.29. The van der Waals surface area contributed by atoms with Gasteiger partial charge in [0, 0.05) is 11.1 Å². The van der Waals surface area contributed by atoms with Crippen LogP contribution in [0, 0.1) is 0 Å². The Morgan fingerprint density at radius 3 is 2.43 bits per heavy atom. The predicted octanol–water partition coefficient (Wildman–Crippen LogP) is 0.00830. The molecule has 5 N–H and O–H groups in total. The number of hydrogen-bond acceptors (Lipinski definition) is 3. The van der Waals surface area contributed by atoms with Crippen molar-refractivity contribution in [1.29, 1.82) is 0 Å². The molecule has 1 amide bonds. The minimum absolute atomic E-state index is 0.307. The second-order valence-corrected chi connectivity index (χ2v) is 2.75. The van der Waals surface area contributed by atoms with Crippen LogP contribution in [0.5, 0.6) is 0 Å². The van der Waals surface area contributed by atoms with Crippen molar-refractivity contribution in [3.63, 3.8) is 0 Å². The summed E-state index contributed by atoms with van der Waals surface area (Å²) in [7, 11) is 0. The molecular weight excluding hydrogens is 182 g/mol. The van der Waals surface area contributed by atoms with Gasteiger partial charge in [0.25, 0.3) is 5.91 Å². The van der Waals surface area contributed by atoms with Gasteiger partial charge in [0.05, 0.1) is 0 Å². The fraction of sp³-hybridized carbons (Fsp3) is 0. The lowest BCUT2D eigenvalue weighted by molar-refractivity contribution is 0.0953. The van der Waals surface area contributed by atoms with E-state index >= 15 is 0 Å². The topological polar surface area (TPSA) is 99.6 Å². The number of hydrazine groups is 1. The number of nitrogens with zero attached hydrogens (tertiary/aromatic N) is 1. The van der Waals surface area contributed by atoms with Gasteiger partial charge in [0.1, 0.15) is 0 Å². The van der Waals surface area contributed by atoms with Crippen molar-refractivity contribution in [2.75, 3.05) is 0 Å². The highest BCUT2D eigenvalue weighted by Gasteiger charge is 2.05. The predicted molar refractivity (Wildman–Crippen MR) is 50.0 cm³/mol. The number of aromatic nitrogens is 3. The van der Waals surface area contributed by atoms with Gasteiger partial charge in [0.15, 0.2) is 5.82 Å². The average molecular weight is 191 g/mol. The molecule has 0 spiro atoms. The van der Waals surface area contributed by atoms with E-state index in [0.29, 0.717) is 5.56 Å². The highest BCUT2D eigenvalue weighted by atomic mass is 16.2. The molecule has 6 nitrogen and oxygen atoms in total. The standard InChI is InChI=1S/C8H9N5O/c9-10-8(14)6-3-1-5(2-4-6)7-11-13-12-7/h1-4,13H,9H2,(H,10,14)(H,11,12). The maximum atomic E-state index is 11.1. The number of nitrogens with one attached hydrogen (secondary N) is 3. The molecule has 0 saturated carbocycles. The van der Waals surface area contributed by atoms with Crippen LogP contribution in [0.2, 0.25) is 0 Å².